The lowest BCUT2D eigenvalue weighted by molar-refractivity contribution is -0.117. The monoisotopic (exact) mass is 393 g/mol. The fourth-order valence-electron chi connectivity index (χ4n) is 2.69. The Morgan fingerprint density at radius 3 is 2.30 bits per heavy atom. The summed E-state index contributed by atoms with van der Waals surface area (Å²) < 4.78 is 39.6. The number of anilines is 2. The van der Waals surface area contributed by atoms with Crippen LogP contribution < -0.4 is 15.4 Å². The van der Waals surface area contributed by atoms with Crippen LogP contribution in [0.25, 0.3) is 0 Å². The first-order valence-corrected chi connectivity index (χ1v) is 9.95. The molecule has 0 unspecified atom stereocenters. The summed E-state index contributed by atoms with van der Waals surface area (Å²) in [4.78, 5) is 24.3. The summed E-state index contributed by atoms with van der Waals surface area (Å²) in [7, 11) is -3.97. The number of nitrogens with one attached hydrogen (secondary N) is 1. The van der Waals surface area contributed by atoms with E-state index in [2.05, 4.69) is 5.32 Å². The van der Waals surface area contributed by atoms with Gasteiger partial charge in [-0.3, -0.25) is 13.9 Å². The maximum Gasteiger partial charge on any atom is 0.250 e. The summed E-state index contributed by atoms with van der Waals surface area (Å²) in [5.74, 6) is -2.22. The Labute approximate surface area is 157 Å². The number of hydrogen-bond donors (Lipinski definition) is 2. The molecule has 0 aliphatic rings. The van der Waals surface area contributed by atoms with Gasteiger partial charge in [0.15, 0.2) is 0 Å². The van der Waals surface area contributed by atoms with Crippen molar-refractivity contribution in [3.8, 4) is 0 Å². The quantitative estimate of drug-likeness (QED) is 0.751. The number of benzene rings is 2. The maximum atomic E-state index is 14.2. The molecule has 27 heavy (non-hydrogen) atoms. The molecule has 0 bridgehead atoms. The van der Waals surface area contributed by atoms with Crippen molar-refractivity contribution in [3.63, 3.8) is 0 Å². The van der Waals surface area contributed by atoms with Crippen LogP contribution in [0.4, 0.5) is 15.8 Å². The minimum Gasteiger partial charge on any atom is -0.366 e. The molecule has 2 rings (SSSR count). The van der Waals surface area contributed by atoms with Crippen LogP contribution >= 0.6 is 0 Å². The average Bonchev–Trinajstić information content (AvgIpc) is 2.59. The third-order valence-corrected chi connectivity index (χ3v) is 5.04. The largest absolute Gasteiger partial charge is 0.366 e. The van der Waals surface area contributed by atoms with E-state index >= 15 is 0 Å². The fraction of sp³-hybridized carbons (Fsp3) is 0.222. The molecule has 0 fully saturated rings. The zero-order chi connectivity index (χ0) is 20.2. The van der Waals surface area contributed by atoms with E-state index < -0.39 is 33.7 Å². The van der Waals surface area contributed by atoms with Crippen LogP contribution in [0.5, 0.6) is 0 Å². The molecule has 3 N–H and O–H groups in total. The number of para-hydroxylation sites is 2. The third kappa shape index (κ3) is 4.62. The minimum absolute atomic E-state index is 0.0754. The van der Waals surface area contributed by atoms with Gasteiger partial charge in [-0.1, -0.05) is 31.2 Å². The van der Waals surface area contributed by atoms with Crippen LogP contribution in [-0.2, 0) is 14.8 Å². The van der Waals surface area contributed by atoms with Crippen LogP contribution in [0.2, 0.25) is 0 Å². The Bertz CT molecular complexity index is 963. The Hall–Kier alpha value is -2.94. The maximum absolute atomic E-state index is 14.2. The SMILES string of the molecule is CC[C@@H](C(=O)Nc1ccccc1C(N)=O)N(c1ccccc1F)S(C)(=O)=O. The number of amides is 2. The number of carbonyl (C=O) groups is 2. The third-order valence-electron chi connectivity index (χ3n) is 3.87. The van der Waals surface area contributed by atoms with Crippen molar-refractivity contribution in [3.05, 3.63) is 59.9 Å². The van der Waals surface area contributed by atoms with Crippen molar-refractivity contribution in [2.45, 2.75) is 19.4 Å². The molecule has 0 aromatic heterocycles. The zero-order valence-electron chi connectivity index (χ0n) is 14.8. The molecule has 0 saturated heterocycles. The number of halogens is 1. The van der Waals surface area contributed by atoms with Gasteiger partial charge in [0.25, 0.3) is 5.91 Å². The van der Waals surface area contributed by atoms with Crippen LogP contribution in [0.3, 0.4) is 0 Å². The highest BCUT2D eigenvalue weighted by atomic mass is 32.2. The molecule has 2 aromatic carbocycles. The molecule has 0 heterocycles. The number of primary amides is 1. The highest BCUT2D eigenvalue weighted by molar-refractivity contribution is 7.92. The van der Waals surface area contributed by atoms with Gasteiger partial charge in [0.1, 0.15) is 11.9 Å². The summed E-state index contributed by atoms with van der Waals surface area (Å²) in [6.07, 6.45) is 0.971. The molecule has 144 valence electrons. The molecule has 0 aliphatic heterocycles. The highest BCUT2D eigenvalue weighted by Crippen LogP contribution is 2.26. The molecule has 2 amide bonds. The van der Waals surface area contributed by atoms with Crippen LogP contribution in [0.1, 0.15) is 23.7 Å². The van der Waals surface area contributed by atoms with E-state index in [-0.39, 0.29) is 23.4 Å². The number of nitrogens with two attached hydrogens (primary N) is 1. The standard InChI is InChI=1S/C18H20FN3O4S/c1-3-15(18(24)21-14-10-6-4-8-12(14)17(20)23)22(27(2,25)26)16-11-7-5-9-13(16)19/h4-11,15H,3H2,1-2H3,(H2,20,23)(H,21,24)/t15-/m0/s1. The lowest BCUT2D eigenvalue weighted by Crippen LogP contribution is -2.47. The summed E-state index contributed by atoms with van der Waals surface area (Å²) in [5, 5.41) is 2.52. The fourth-order valence-corrected chi connectivity index (χ4v) is 3.90. The van der Waals surface area contributed by atoms with Crippen molar-refractivity contribution >= 4 is 33.2 Å². The van der Waals surface area contributed by atoms with Crippen molar-refractivity contribution in [1.29, 1.82) is 0 Å². The summed E-state index contributed by atoms with van der Waals surface area (Å²) in [6.45, 7) is 1.60. The van der Waals surface area contributed by atoms with Gasteiger partial charge in [-0.2, -0.15) is 0 Å². The Kier molecular flexibility index (Phi) is 6.17. The van der Waals surface area contributed by atoms with Gasteiger partial charge in [0.2, 0.25) is 15.9 Å². The molecule has 1 atom stereocenters. The molecular weight excluding hydrogens is 373 g/mol. The van der Waals surface area contributed by atoms with Gasteiger partial charge in [-0.05, 0) is 30.7 Å². The average molecular weight is 393 g/mol. The van der Waals surface area contributed by atoms with Gasteiger partial charge in [0, 0.05) is 0 Å². The first-order chi connectivity index (χ1) is 12.7. The van der Waals surface area contributed by atoms with Crippen molar-refractivity contribution < 1.29 is 22.4 Å². The molecule has 7 nitrogen and oxygen atoms in total. The lowest BCUT2D eigenvalue weighted by atomic mass is 10.1. The number of sulfonamides is 1. The van der Waals surface area contributed by atoms with Crippen LogP contribution in [0.15, 0.2) is 48.5 Å². The van der Waals surface area contributed by atoms with Gasteiger partial charge >= 0.3 is 0 Å². The first-order valence-electron chi connectivity index (χ1n) is 8.10. The molecular formula is C18H20FN3O4S. The number of carbonyl (C=O) groups excluding carboxylic acids is 2. The number of hydrogen-bond acceptors (Lipinski definition) is 4. The molecule has 0 radical (unpaired) electrons. The van der Waals surface area contributed by atoms with E-state index in [1.165, 1.54) is 30.3 Å². The van der Waals surface area contributed by atoms with E-state index in [0.29, 0.717) is 0 Å². The molecule has 0 saturated carbocycles. The van der Waals surface area contributed by atoms with Gasteiger partial charge in [-0.25, -0.2) is 12.8 Å². The van der Waals surface area contributed by atoms with E-state index in [1.54, 1.807) is 19.1 Å². The van der Waals surface area contributed by atoms with E-state index in [1.807, 2.05) is 0 Å². The van der Waals surface area contributed by atoms with Crippen molar-refractivity contribution in [2.75, 3.05) is 15.9 Å². The van der Waals surface area contributed by atoms with E-state index in [4.69, 9.17) is 5.73 Å². The second kappa shape index (κ2) is 8.17. The van der Waals surface area contributed by atoms with Crippen LogP contribution in [-0.4, -0.2) is 32.5 Å². The van der Waals surface area contributed by atoms with E-state index in [0.717, 1.165) is 16.6 Å². The topological polar surface area (TPSA) is 110 Å². The second-order valence-corrected chi connectivity index (χ2v) is 7.69. The van der Waals surface area contributed by atoms with Gasteiger partial charge in [-0.15, -0.1) is 0 Å². The molecule has 9 heteroatoms. The van der Waals surface area contributed by atoms with Gasteiger partial charge in [0.05, 0.1) is 23.2 Å². The normalized spacial score (nSPS) is 12.3. The summed E-state index contributed by atoms with van der Waals surface area (Å²) >= 11 is 0. The Morgan fingerprint density at radius 1 is 1.15 bits per heavy atom. The Morgan fingerprint density at radius 2 is 1.74 bits per heavy atom. The summed E-state index contributed by atoms with van der Waals surface area (Å²) in [5.41, 5.74) is 5.29. The van der Waals surface area contributed by atoms with Crippen molar-refractivity contribution in [1.82, 2.24) is 0 Å². The predicted molar refractivity (Wildman–Crippen MR) is 101 cm³/mol. The highest BCUT2D eigenvalue weighted by Gasteiger charge is 2.33. The van der Waals surface area contributed by atoms with Crippen molar-refractivity contribution in [2.24, 2.45) is 5.73 Å². The first kappa shape index (κ1) is 20.4. The number of nitrogens with zero attached hydrogens (tertiary/aromatic N) is 1. The van der Waals surface area contributed by atoms with E-state index in [9.17, 15) is 22.4 Å². The second-order valence-electron chi connectivity index (χ2n) is 5.83. The molecule has 0 aliphatic carbocycles. The smallest absolute Gasteiger partial charge is 0.250 e. The minimum atomic E-state index is -3.97. The zero-order valence-corrected chi connectivity index (χ0v) is 15.7. The Balaban J connectivity index is 2.45. The number of rotatable bonds is 7. The molecule has 0 spiro atoms. The molecule has 2 aromatic rings. The predicted octanol–water partition coefficient (Wildman–Crippen LogP) is 2.11. The van der Waals surface area contributed by atoms with Gasteiger partial charge < -0.3 is 11.1 Å². The lowest BCUT2D eigenvalue weighted by Gasteiger charge is -2.30. The van der Waals surface area contributed by atoms with Crippen LogP contribution in [0, 0.1) is 5.82 Å². The summed E-state index contributed by atoms with van der Waals surface area (Å²) in [6, 6.07) is 10.1.